The lowest BCUT2D eigenvalue weighted by molar-refractivity contribution is 0.1000. The van der Waals surface area contributed by atoms with Gasteiger partial charge in [-0.2, -0.15) is 0 Å². The summed E-state index contributed by atoms with van der Waals surface area (Å²) in [6, 6.07) is 3.45. The second kappa shape index (κ2) is 3.56. The van der Waals surface area contributed by atoms with Gasteiger partial charge in [0.25, 0.3) is 0 Å². The van der Waals surface area contributed by atoms with Crippen LogP contribution in [-0.4, -0.2) is 10.9 Å². The van der Waals surface area contributed by atoms with E-state index in [0.29, 0.717) is 11.5 Å². The highest BCUT2D eigenvalue weighted by Crippen LogP contribution is 2.14. The summed E-state index contributed by atoms with van der Waals surface area (Å²) in [5.74, 6) is -0.0783. The molecule has 0 radical (unpaired) electrons. The van der Waals surface area contributed by atoms with Crippen molar-refractivity contribution < 1.29 is 4.79 Å². The fourth-order valence-electron chi connectivity index (χ4n) is 1.13. The van der Waals surface area contributed by atoms with Crippen molar-refractivity contribution in [2.45, 2.75) is 26.7 Å². The third-order valence-corrected chi connectivity index (χ3v) is 1.85. The van der Waals surface area contributed by atoms with E-state index in [1.807, 2.05) is 20.8 Å². The van der Waals surface area contributed by atoms with Crippen molar-refractivity contribution in [1.82, 2.24) is 4.98 Å². The van der Waals surface area contributed by atoms with Crippen LogP contribution >= 0.6 is 0 Å². The van der Waals surface area contributed by atoms with E-state index in [4.69, 9.17) is 5.73 Å². The molecule has 0 fully saturated rings. The van der Waals surface area contributed by atoms with Gasteiger partial charge in [0.15, 0.2) is 0 Å². The Balaban J connectivity index is 3.19. The molecule has 0 spiro atoms. The van der Waals surface area contributed by atoms with Gasteiger partial charge in [0.1, 0.15) is 0 Å². The van der Waals surface area contributed by atoms with Crippen molar-refractivity contribution in [3.63, 3.8) is 0 Å². The molecule has 0 aliphatic carbocycles. The predicted molar refractivity (Wildman–Crippen MR) is 51.6 cm³/mol. The molecule has 2 N–H and O–H groups in total. The minimum atomic E-state index is -0.396. The molecule has 3 nitrogen and oxygen atoms in total. The molecule has 1 aromatic rings. The summed E-state index contributed by atoms with van der Waals surface area (Å²) in [6.07, 6.45) is 0. The molecule has 13 heavy (non-hydrogen) atoms. The number of hydrogen-bond donors (Lipinski definition) is 1. The zero-order valence-corrected chi connectivity index (χ0v) is 8.16. The Morgan fingerprint density at radius 1 is 1.46 bits per heavy atom. The first-order valence-electron chi connectivity index (χ1n) is 4.29. The Morgan fingerprint density at radius 3 is 2.54 bits per heavy atom. The van der Waals surface area contributed by atoms with E-state index in [0.717, 1.165) is 11.4 Å². The molecule has 0 saturated carbocycles. The molecular weight excluding hydrogens is 164 g/mol. The van der Waals surface area contributed by atoms with Crippen LogP contribution in [0.3, 0.4) is 0 Å². The highest BCUT2D eigenvalue weighted by molar-refractivity contribution is 5.92. The van der Waals surface area contributed by atoms with E-state index >= 15 is 0 Å². The number of pyridine rings is 1. The molecule has 1 aromatic heterocycles. The van der Waals surface area contributed by atoms with Crippen molar-refractivity contribution in [3.05, 3.63) is 29.1 Å². The number of aryl methyl sites for hydroxylation is 1. The topological polar surface area (TPSA) is 56.0 Å². The predicted octanol–water partition coefficient (Wildman–Crippen LogP) is 1.61. The Hall–Kier alpha value is -1.38. The van der Waals surface area contributed by atoms with Crippen LogP contribution in [0.25, 0.3) is 0 Å². The smallest absolute Gasteiger partial charge is 0.248 e. The summed E-state index contributed by atoms with van der Waals surface area (Å²) in [4.78, 5) is 15.2. The lowest BCUT2D eigenvalue weighted by Crippen LogP contribution is -2.12. The molecule has 0 atom stereocenters. The van der Waals surface area contributed by atoms with Crippen LogP contribution in [0.5, 0.6) is 0 Å². The average Bonchev–Trinajstić information content (AvgIpc) is 2.03. The first-order valence-corrected chi connectivity index (χ1v) is 4.29. The van der Waals surface area contributed by atoms with Crippen LogP contribution in [0, 0.1) is 6.92 Å². The van der Waals surface area contributed by atoms with E-state index in [-0.39, 0.29) is 0 Å². The largest absolute Gasteiger partial charge is 0.366 e. The Labute approximate surface area is 78.0 Å². The number of primary amides is 1. The third kappa shape index (κ3) is 2.28. The molecule has 1 rings (SSSR count). The number of aromatic nitrogens is 1. The van der Waals surface area contributed by atoms with Crippen molar-refractivity contribution in [2.24, 2.45) is 5.73 Å². The molecule has 70 valence electrons. The minimum absolute atomic E-state index is 0.318. The van der Waals surface area contributed by atoms with Crippen LogP contribution in [0.4, 0.5) is 0 Å². The molecule has 0 saturated heterocycles. The van der Waals surface area contributed by atoms with E-state index in [1.54, 1.807) is 12.1 Å². The summed E-state index contributed by atoms with van der Waals surface area (Å²) in [7, 11) is 0. The highest BCUT2D eigenvalue weighted by atomic mass is 16.1. The van der Waals surface area contributed by atoms with Gasteiger partial charge in [-0.3, -0.25) is 9.78 Å². The van der Waals surface area contributed by atoms with Crippen LogP contribution in [0.1, 0.15) is 41.5 Å². The Bertz CT molecular complexity index is 332. The van der Waals surface area contributed by atoms with Gasteiger partial charge in [-0.15, -0.1) is 0 Å². The molecule has 0 aromatic carbocycles. The average molecular weight is 178 g/mol. The van der Waals surface area contributed by atoms with Crippen molar-refractivity contribution >= 4 is 5.91 Å². The van der Waals surface area contributed by atoms with E-state index in [2.05, 4.69) is 4.98 Å². The lowest BCUT2D eigenvalue weighted by atomic mass is 10.1. The molecule has 0 aliphatic rings. The fourth-order valence-corrected chi connectivity index (χ4v) is 1.13. The number of carbonyl (C=O) groups is 1. The molecule has 1 heterocycles. The summed E-state index contributed by atoms with van der Waals surface area (Å²) >= 11 is 0. The molecular formula is C10H14N2O. The number of amides is 1. The quantitative estimate of drug-likeness (QED) is 0.748. The first kappa shape index (κ1) is 9.71. The van der Waals surface area contributed by atoms with Crippen LogP contribution in [-0.2, 0) is 0 Å². The summed E-state index contributed by atoms with van der Waals surface area (Å²) in [5, 5.41) is 0. The van der Waals surface area contributed by atoms with Gasteiger partial charge in [-0.25, -0.2) is 0 Å². The zero-order valence-electron chi connectivity index (χ0n) is 8.16. The maximum atomic E-state index is 10.9. The second-order valence-corrected chi connectivity index (χ2v) is 3.44. The number of nitrogens with two attached hydrogens (primary N) is 1. The van der Waals surface area contributed by atoms with Gasteiger partial charge in [-0.1, -0.05) is 13.8 Å². The maximum Gasteiger partial charge on any atom is 0.248 e. The normalized spacial score (nSPS) is 10.5. The highest BCUT2D eigenvalue weighted by Gasteiger charge is 2.06. The maximum absolute atomic E-state index is 10.9. The zero-order chi connectivity index (χ0) is 10.0. The van der Waals surface area contributed by atoms with Crippen molar-refractivity contribution in [2.75, 3.05) is 0 Å². The number of hydrogen-bond acceptors (Lipinski definition) is 2. The monoisotopic (exact) mass is 178 g/mol. The van der Waals surface area contributed by atoms with Gasteiger partial charge in [-0.05, 0) is 25.0 Å². The minimum Gasteiger partial charge on any atom is -0.366 e. The van der Waals surface area contributed by atoms with Gasteiger partial charge in [0.2, 0.25) is 5.91 Å². The Morgan fingerprint density at radius 2 is 2.08 bits per heavy atom. The summed E-state index contributed by atoms with van der Waals surface area (Å²) in [6.45, 7) is 5.93. The molecule has 3 heteroatoms. The van der Waals surface area contributed by atoms with Gasteiger partial charge in [0.05, 0.1) is 0 Å². The van der Waals surface area contributed by atoms with Gasteiger partial charge < -0.3 is 5.73 Å². The number of carbonyl (C=O) groups excluding carboxylic acids is 1. The fraction of sp³-hybridized carbons (Fsp3) is 0.400. The van der Waals surface area contributed by atoms with Crippen molar-refractivity contribution in [3.8, 4) is 0 Å². The summed E-state index contributed by atoms with van der Waals surface area (Å²) in [5.41, 5.74) is 7.47. The number of rotatable bonds is 2. The van der Waals surface area contributed by atoms with Gasteiger partial charge in [0, 0.05) is 17.0 Å². The van der Waals surface area contributed by atoms with Crippen molar-refractivity contribution in [1.29, 1.82) is 0 Å². The standard InChI is InChI=1S/C10H14N2O/c1-6(2)9-5-8(10(11)13)4-7(3)12-9/h4-6H,1-3H3,(H2,11,13). The second-order valence-electron chi connectivity index (χ2n) is 3.44. The van der Waals surface area contributed by atoms with Gasteiger partial charge >= 0.3 is 0 Å². The molecule has 1 amide bonds. The first-order chi connectivity index (χ1) is 6.00. The van der Waals surface area contributed by atoms with Crippen LogP contribution < -0.4 is 5.73 Å². The molecule has 0 bridgehead atoms. The van der Waals surface area contributed by atoms with E-state index in [9.17, 15) is 4.79 Å². The van der Waals surface area contributed by atoms with E-state index in [1.165, 1.54) is 0 Å². The SMILES string of the molecule is Cc1cc(C(N)=O)cc(C(C)C)n1. The van der Waals surface area contributed by atoms with Crippen LogP contribution in [0.2, 0.25) is 0 Å². The molecule has 0 unspecified atom stereocenters. The lowest BCUT2D eigenvalue weighted by Gasteiger charge is -2.06. The summed E-state index contributed by atoms with van der Waals surface area (Å²) < 4.78 is 0. The van der Waals surface area contributed by atoms with Crippen LogP contribution in [0.15, 0.2) is 12.1 Å². The Kier molecular flexibility index (Phi) is 2.66. The number of nitrogens with zero attached hydrogens (tertiary/aromatic N) is 1. The molecule has 0 aliphatic heterocycles. The van der Waals surface area contributed by atoms with E-state index < -0.39 is 5.91 Å². The third-order valence-electron chi connectivity index (χ3n) is 1.85.